The van der Waals surface area contributed by atoms with Crippen molar-refractivity contribution in [2.75, 3.05) is 13.2 Å². The molecule has 2 N–H and O–H groups in total. The maximum atomic E-state index is 12.6. The molecule has 1 aromatic heterocycles. The third kappa shape index (κ3) is 4.94. The SMILES string of the molecule is CC(C)N(CC(=O)O)C(=O)c1csc(CNC(=O)OCC2c3ccccc3-c3ccccc32)n1. The molecule has 0 saturated carbocycles. The molecule has 0 spiro atoms. The highest BCUT2D eigenvalue weighted by atomic mass is 32.1. The van der Waals surface area contributed by atoms with Gasteiger partial charge >= 0.3 is 12.1 Å². The number of hydrogen-bond acceptors (Lipinski definition) is 6. The average molecular weight is 480 g/mol. The Morgan fingerprint density at radius 3 is 2.29 bits per heavy atom. The van der Waals surface area contributed by atoms with Crippen LogP contribution >= 0.6 is 11.3 Å². The van der Waals surface area contributed by atoms with Crippen LogP contribution in [0.5, 0.6) is 0 Å². The van der Waals surface area contributed by atoms with Crippen LogP contribution in [0.4, 0.5) is 4.79 Å². The summed E-state index contributed by atoms with van der Waals surface area (Å²) in [4.78, 5) is 41.5. The molecule has 1 heterocycles. The molecule has 0 radical (unpaired) electrons. The number of carbonyl (C=O) groups excluding carboxylic acids is 2. The first-order valence-electron chi connectivity index (χ1n) is 10.9. The van der Waals surface area contributed by atoms with Gasteiger partial charge in [0.2, 0.25) is 0 Å². The van der Waals surface area contributed by atoms with Crippen molar-refractivity contribution >= 4 is 29.3 Å². The first-order chi connectivity index (χ1) is 16.3. The van der Waals surface area contributed by atoms with E-state index >= 15 is 0 Å². The quantitative estimate of drug-likeness (QED) is 0.503. The van der Waals surface area contributed by atoms with Crippen molar-refractivity contribution in [3.05, 3.63) is 75.7 Å². The molecular weight excluding hydrogens is 454 g/mol. The lowest BCUT2D eigenvalue weighted by Gasteiger charge is -2.23. The smallest absolute Gasteiger partial charge is 0.407 e. The van der Waals surface area contributed by atoms with Crippen molar-refractivity contribution in [3.63, 3.8) is 0 Å². The topological polar surface area (TPSA) is 109 Å². The number of alkyl carbamates (subject to hydrolysis) is 1. The van der Waals surface area contributed by atoms with E-state index in [9.17, 15) is 14.4 Å². The van der Waals surface area contributed by atoms with Crippen LogP contribution in [0.15, 0.2) is 53.9 Å². The van der Waals surface area contributed by atoms with Crippen molar-refractivity contribution in [3.8, 4) is 11.1 Å². The Balaban J connectivity index is 1.34. The van der Waals surface area contributed by atoms with Crippen molar-refractivity contribution in [1.82, 2.24) is 15.2 Å². The van der Waals surface area contributed by atoms with Crippen molar-refractivity contribution in [2.45, 2.75) is 32.4 Å². The van der Waals surface area contributed by atoms with E-state index in [-0.39, 0.29) is 30.8 Å². The summed E-state index contributed by atoms with van der Waals surface area (Å²) in [7, 11) is 0. The van der Waals surface area contributed by atoms with E-state index in [0.717, 1.165) is 22.3 Å². The molecule has 2 amide bonds. The van der Waals surface area contributed by atoms with Crippen LogP contribution in [-0.2, 0) is 16.1 Å². The molecule has 0 unspecified atom stereocenters. The molecule has 0 bridgehead atoms. The summed E-state index contributed by atoms with van der Waals surface area (Å²) in [5.41, 5.74) is 4.74. The Morgan fingerprint density at radius 1 is 1.09 bits per heavy atom. The Kier molecular flexibility index (Phi) is 6.93. The van der Waals surface area contributed by atoms with Gasteiger partial charge in [-0.05, 0) is 36.1 Å². The molecule has 1 aliphatic carbocycles. The van der Waals surface area contributed by atoms with Crippen LogP contribution in [0.25, 0.3) is 11.1 Å². The molecule has 3 aromatic rings. The van der Waals surface area contributed by atoms with Gasteiger partial charge in [0, 0.05) is 17.3 Å². The fraction of sp³-hybridized carbons (Fsp3) is 0.280. The number of carboxylic acids is 1. The van der Waals surface area contributed by atoms with Gasteiger partial charge in [-0.3, -0.25) is 9.59 Å². The number of benzene rings is 2. The number of aromatic nitrogens is 1. The number of thiazole rings is 1. The molecular formula is C25H25N3O5S. The molecule has 0 aliphatic heterocycles. The number of rotatable bonds is 8. The van der Waals surface area contributed by atoms with Gasteiger partial charge in [-0.2, -0.15) is 0 Å². The largest absolute Gasteiger partial charge is 0.480 e. The van der Waals surface area contributed by atoms with Crippen LogP contribution in [0.3, 0.4) is 0 Å². The lowest BCUT2D eigenvalue weighted by atomic mass is 9.98. The van der Waals surface area contributed by atoms with Gasteiger partial charge in [-0.25, -0.2) is 9.78 Å². The number of aliphatic carboxylic acids is 1. The monoisotopic (exact) mass is 479 g/mol. The maximum absolute atomic E-state index is 12.6. The van der Waals surface area contributed by atoms with Gasteiger partial charge in [0.25, 0.3) is 5.91 Å². The van der Waals surface area contributed by atoms with Crippen LogP contribution in [0.2, 0.25) is 0 Å². The highest BCUT2D eigenvalue weighted by Gasteiger charge is 2.29. The molecule has 0 saturated heterocycles. The van der Waals surface area contributed by atoms with Gasteiger partial charge < -0.3 is 20.1 Å². The third-order valence-corrected chi connectivity index (χ3v) is 6.54. The first kappa shape index (κ1) is 23.4. The van der Waals surface area contributed by atoms with Gasteiger partial charge in [0.1, 0.15) is 23.9 Å². The first-order valence-corrected chi connectivity index (χ1v) is 11.8. The predicted octanol–water partition coefficient (Wildman–Crippen LogP) is 4.12. The Hall–Kier alpha value is -3.72. The standard InChI is InChI=1S/C25H25N3O5S/c1-15(2)28(12-23(29)30)24(31)21-14-34-22(27-21)11-26-25(32)33-13-20-18-9-5-3-7-16(18)17-8-4-6-10-19(17)20/h3-10,14-15,20H,11-13H2,1-2H3,(H,26,32)(H,29,30). The second-order valence-corrected chi connectivity index (χ2v) is 9.17. The summed E-state index contributed by atoms with van der Waals surface area (Å²) in [5, 5.41) is 13.8. The van der Waals surface area contributed by atoms with Crippen LogP contribution < -0.4 is 5.32 Å². The lowest BCUT2D eigenvalue weighted by Crippen LogP contribution is -2.40. The van der Waals surface area contributed by atoms with E-state index in [0.29, 0.717) is 5.01 Å². The van der Waals surface area contributed by atoms with E-state index in [2.05, 4.69) is 34.6 Å². The fourth-order valence-corrected chi connectivity index (χ4v) is 4.78. The number of amides is 2. The predicted molar refractivity (Wildman–Crippen MR) is 128 cm³/mol. The van der Waals surface area contributed by atoms with Gasteiger partial charge in [0.05, 0.1) is 6.54 Å². The van der Waals surface area contributed by atoms with E-state index < -0.39 is 24.5 Å². The molecule has 2 aromatic carbocycles. The molecule has 176 valence electrons. The van der Waals surface area contributed by atoms with Gasteiger partial charge in [-0.15, -0.1) is 11.3 Å². The Morgan fingerprint density at radius 2 is 1.71 bits per heavy atom. The fourth-order valence-electron chi connectivity index (χ4n) is 4.07. The molecule has 9 heteroatoms. The van der Waals surface area contributed by atoms with Crippen molar-refractivity contribution in [1.29, 1.82) is 0 Å². The normalized spacial score (nSPS) is 12.2. The number of ether oxygens (including phenoxy) is 1. The van der Waals surface area contributed by atoms with E-state index in [4.69, 9.17) is 9.84 Å². The summed E-state index contributed by atoms with van der Waals surface area (Å²) < 4.78 is 5.52. The number of carbonyl (C=O) groups is 3. The highest BCUT2D eigenvalue weighted by Crippen LogP contribution is 2.44. The van der Waals surface area contributed by atoms with E-state index in [1.54, 1.807) is 19.2 Å². The van der Waals surface area contributed by atoms with Crippen LogP contribution in [-0.4, -0.2) is 52.2 Å². The summed E-state index contributed by atoms with van der Waals surface area (Å²) in [5.74, 6) is -1.58. The van der Waals surface area contributed by atoms with E-state index in [1.807, 2.05) is 24.3 Å². The minimum Gasteiger partial charge on any atom is -0.480 e. The van der Waals surface area contributed by atoms with Crippen LogP contribution in [0.1, 0.15) is 46.4 Å². The highest BCUT2D eigenvalue weighted by molar-refractivity contribution is 7.09. The second-order valence-electron chi connectivity index (χ2n) is 8.23. The molecule has 1 aliphatic rings. The van der Waals surface area contributed by atoms with Crippen molar-refractivity contribution < 1.29 is 24.2 Å². The number of fused-ring (bicyclic) bond motifs is 3. The number of carboxylic acid groups (broad SMARTS) is 1. The zero-order valence-corrected chi connectivity index (χ0v) is 19.7. The minimum absolute atomic E-state index is 0.0292. The second kappa shape index (κ2) is 10.0. The molecule has 4 rings (SSSR count). The summed E-state index contributed by atoms with van der Waals surface area (Å²) in [6.07, 6.45) is -0.570. The van der Waals surface area contributed by atoms with Gasteiger partial charge in [0.15, 0.2) is 0 Å². The maximum Gasteiger partial charge on any atom is 0.407 e. The van der Waals surface area contributed by atoms with Crippen LogP contribution in [0, 0.1) is 0 Å². The number of hydrogen-bond donors (Lipinski definition) is 2. The Labute approximate surface area is 201 Å². The molecule has 34 heavy (non-hydrogen) atoms. The molecule has 0 fully saturated rings. The van der Waals surface area contributed by atoms with Crippen molar-refractivity contribution in [2.24, 2.45) is 0 Å². The molecule has 0 atom stereocenters. The third-order valence-electron chi connectivity index (χ3n) is 5.69. The average Bonchev–Trinajstić information content (AvgIpc) is 3.42. The summed E-state index contributed by atoms with van der Waals surface area (Å²) in [6.45, 7) is 3.40. The summed E-state index contributed by atoms with van der Waals surface area (Å²) >= 11 is 1.22. The zero-order chi connectivity index (χ0) is 24.2. The summed E-state index contributed by atoms with van der Waals surface area (Å²) in [6, 6.07) is 15.9. The van der Waals surface area contributed by atoms with E-state index in [1.165, 1.54) is 16.2 Å². The Bertz CT molecular complexity index is 1180. The number of nitrogens with zero attached hydrogens (tertiary/aromatic N) is 2. The minimum atomic E-state index is -1.09. The number of nitrogens with one attached hydrogen (secondary N) is 1. The lowest BCUT2D eigenvalue weighted by molar-refractivity contribution is -0.138. The zero-order valence-electron chi connectivity index (χ0n) is 18.9. The van der Waals surface area contributed by atoms with Gasteiger partial charge in [-0.1, -0.05) is 48.5 Å². The molecule has 8 nitrogen and oxygen atoms in total.